The van der Waals surface area contributed by atoms with Crippen molar-refractivity contribution in [3.8, 4) is 0 Å². The Bertz CT molecular complexity index is 571. The van der Waals surface area contributed by atoms with Crippen molar-refractivity contribution in [3.05, 3.63) is 23.0 Å². The molecule has 2 heterocycles. The van der Waals surface area contributed by atoms with E-state index < -0.39 is 24.2 Å². The monoisotopic (exact) mass is 310 g/mol. The number of nitrogens with one attached hydrogen (secondary N) is 1. The largest absolute Gasteiger partial charge is 0.396 e. The van der Waals surface area contributed by atoms with Crippen molar-refractivity contribution in [2.45, 2.75) is 37.7 Å². The first-order chi connectivity index (χ1) is 10.5. The van der Waals surface area contributed by atoms with Crippen molar-refractivity contribution in [3.63, 3.8) is 0 Å². The summed E-state index contributed by atoms with van der Waals surface area (Å²) >= 11 is 0. The maximum Gasteiger partial charge on any atom is 0.268 e. The summed E-state index contributed by atoms with van der Waals surface area (Å²) in [5.74, 6) is -0.693. The van der Waals surface area contributed by atoms with Crippen LogP contribution in [0.25, 0.3) is 0 Å². The van der Waals surface area contributed by atoms with Crippen molar-refractivity contribution in [2.75, 3.05) is 13.2 Å². The minimum Gasteiger partial charge on any atom is -0.396 e. The fraction of sp³-hybridized carbons (Fsp3) is 0.667. The summed E-state index contributed by atoms with van der Waals surface area (Å²) in [5.41, 5.74) is 2.63. The van der Waals surface area contributed by atoms with Gasteiger partial charge in [-0.3, -0.25) is 4.79 Å². The Balaban J connectivity index is 1.74. The maximum atomic E-state index is 12.5. The zero-order chi connectivity index (χ0) is 15.9. The molecule has 0 bridgehead atoms. The van der Waals surface area contributed by atoms with E-state index in [9.17, 15) is 20.1 Å². The van der Waals surface area contributed by atoms with E-state index in [-0.39, 0.29) is 12.5 Å². The molecule has 0 unspecified atom stereocenters. The molecule has 0 spiro atoms. The summed E-state index contributed by atoms with van der Waals surface area (Å²) in [7, 11) is 1.84. The van der Waals surface area contributed by atoms with Crippen molar-refractivity contribution >= 4 is 5.91 Å². The van der Waals surface area contributed by atoms with Crippen LogP contribution in [0.4, 0.5) is 0 Å². The van der Waals surface area contributed by atoms with Crippen molar-refractivity contribution in [1.82, 2.24) is 9.88 Å². The van der Waals surface area contributed by atoms with Gasteiger partial charge in [0.2, 0.25) is 0 Å². The Kier molecular flexibility index (Phi) is 4.22. The maximum absolute atomic E-state index is 12.5. The first-order valence-corrected chi connectivity index (χ1v) is 7.56. The van der Waals surface area contributed by atoms with Gasteiger partial charge >= 0.3 is 0 Å². The molecule has 1 aromatic heterocycles. The predicted molar refractivity (Wildman–Crippen MR) is 77.2 cm³/mol. The molecule has 0 saturated heterocycles. The van der Waals surface area contributed by atoms with Crippen LogP contribution in [0.1, 0.15) is 28.2 Å². The van der Waals surface area contributed by atoms with Crippen molar-refractivity contribution < 1.29 is 24.9 Å². The van der Waals surface area contributed by atoms with E-state index in [0.717, 1.165) is 17.7 Å². The fourth-order valence-electron chi connectivity index (χ4n) is 3.42. The molecule has 1 aliphatic carbocycles. The van der Waals surface area contributed by atoms with Crippen LogP contribution in [-0.2, 0) is 24.8 Å². The van der Waals surface area contributed by atoms with E-state index in [0.29, 0.717) is 25.3 Å². The van der Waals surface area contributed by atoms with E-state index in [1.807, 2.05) is 17.7 Å². The van der Waals surface area contributed by atoms with Crippen molar-refractivity contribution in [1.29, 1.82) is 0 Å². The second-order valence-electron chi connectivity index (χ2n) is 6.10. The predicted octanol–water partition coefficient (Wildman–Crippen LogP) is -1.07. The zero-order valence-electron chi connectivity index (χ0n) is 12.5. The highest BCUT2D eigenvalue weighted by molar-refractivity contribution is 5.93. The summed E-state index contributed by atoms with van der Waals surface area (Å²) < 4.78 is 7.25. The van der Waals surface area contributed by atoms with Gasteiger partial charge in [-0.05, 0) is 18.1 Å². The second kappa shape index (κ2) is 6.00. The lowest BCUT2D eigenvalue weighted by molar-refractivity contribution is 0.000105. The molecule has 7 heteroatoms. The normalized spacial score (nSPS) is 31.1. The molecule has 3 rings (SSSR count). The van der Waals surface area contributed by atoms with Gasteiger partial charge in [0.05, 0.1) is 25.4 Å². The lowest BCUT2D eigenvalue weighted by Gasteiger charge is -2.18. The molecule has 22 heavy (non-hydrogen) atoms. The highest BCUT2D eigenvalue weighted by Gasteiger charge is 2.42. The molecule has 0 aromatic carbocycles. The topological polar surface area (TPSA) is 104 Å². The lowest BCUT2D eigenvalue weighted by atomic mass is 10.1. The number of hydrogen-bond donors (Lipinski definition) is 4. The first kappa shape index (κ1) is 15.5. The van der Waals surface area contributed by atoms with Crippen LogP contribution in [0.3, 0.4) is 0 Å². The Morgan fingerprint density at radius 1 is 1.45 bits per heavy atom. The number of amides is 1. The van der Waals surface area contributed by atoms with Crippen LogP contribution >= 0.6 is 0 Å². The summed E-state index contributed by atoms with van der Waals surface area (Å²) in [5, 5.41) is 31.7. The van der Waals surface area contributed by atoms with Crippen LogP contribution in [0, 0.1) is 5.92 Å². The van der Waals surface area contributed by atoms with Crippen LogP contribution in [0.15, 0.2) is 6.07 Å². The SMILES string of the molecule is Cn1c(C(=O)N[C@@H]2C[C@H](CO)[C@@H](O)[C@H]2O)cc2c1CCOC2. The quantitative estimate of drug-likeness (QED) is 0.569. The molecule has 1 aliphatic heterocycles. The number of aliphatic hydroxyl groups is 3. The van der Waals surface area contributed by atoms with Crippen LogP contribution < -0.4 is 5.32 Å². The summed E-state index contributed by atoms with van der Waals surface area (Å²) in [6, 6.07) is 1.26. The van der Waals surface area contributed by atoms with Gasteiger partial charge in [0.15, 0.2) is 0 Å². The molecular formula is C15H22N2O5. The molecule has 7 nitrogen and oxygen atoms in total. The fourth-order valence-corrected chi connectivity index (χ4v) is 3.42. The van der Waals surface area contributed by atoms with E-state index in [2.05, 4.69) is 5.32 Å². The summed E-state index contributed by atoms with van der Waals surface area (Å²) in [6.07, 6.45) is -0.932. The molecule has 1 amide bonds. The van der Waals surface area contributed by atoms with Crippen LogP contribution in [0.5, 0.6) is 0 Å². The molecule has 122 valence electrons. The number of hydrogen-bond acceptors (Lipinski definition) is 5. The number of ether oxygens (including phenoxy) is 1. The van der Waals surface area contributed by atoms with E-state index in [1.54, 1.807) is 0 Å². The average Bonchev–Trinajstić information content (AvgIpc) is 3.00. The molecule has 2 aliphatic rings. The highest BCUT2D eigenvalue weighted by atomic mass is 16.5. The lowest BCUT2D eigenvalue weighted by Crippen LogP contribution is -2.43. The van der Waals surface area contributed by atoms with Gasteiger partial charge in [0.1, 0.15) is 11.8 Å². The van der Waals surface area contributed by atoms with E-state index >= 15 is 0 Å². The number of aliphatic hydroxyl groups excluding tert-OH is 3. The third-order valence-electron chi connectivity index (χ3n) is 4.77. The minimum atomic E-state index is -1.06. The van der Waals surface area contributed by atoms with Gasteiger partial charge in [-0.25, -0.2) is 0 Å². The number of fused-ring (bicyclic) bond motifs is 1. The van der Waals surface area contributed by atoms with Crippen molar-refractivity contribution in [2.24, 2.45) is 13.0 Å². The average molecular weight is 310 g/mol. The Morgan fingerprint density at radius 3 is 2.86 bits per heavy atom. The van der Waals surface area contributed by atoms with Gasteiger partial charge in [0, 0.05) is 31.7 Å². The third-order valence-corrected chi connectivity index (χ3v) is 4.77. The molecule has 0 radical (unpaired) electrons. The standard InChI is InChI=1S/C15H22N2O5/c1-17-11-2-3-22-7-9(11)5-12(17)15(21)16-10-4-8(6-18)13(19)14(10)20/h5,8,10,13-14,18-20H,2-4,6-7H2,1H3,(H,16,21)/t8-,10-,13-,14+/m1/s1. The van der Waals surface area contributed by atoms with Gasteiger partial charge in [0.25, 0.3) is 5.91 Å². The Morgan fingerprint density at radius 2 is 2.23 bits per heavy atom. The molecule has 4 N–H and O–H groups in total. The zero-order valence-corrected chi connectivity index (χ0v) is 12.5. The molecular weight excluding hydrogens is 288 g/mol. The minimum absolute atomic E-state index is 0.208. The molecule has 1 aromatic rings. The van der Waals surface area contributed by atoms with Crippen LogP contribution in [-0.4, -0.2) is 57.3 Å². The first-order valence-electron chi connectivity index (χ1n) is 7.56. The number of nitrogens with zero attached hydrogens (tertiary/aromatic N) is 1. The van der Waals surface area contributed by atoms with Gasteiger partial charge in [-0.15, -0.1) is 0 Å². The molecule has 4 atom stereocenters. The van der Waals surface area contributed by atoms with Crippen LogP contribution in [0.2, 0.25) is 0 Å². The molecule has 1 fully saturated rings. The highest BCUT2D eigenvalue weighted by Crippen LogP contribution is 2.27. The van der Waals surface area contributed by atoms with Gasteiger partial charge in [-0.2, -0.15) is 0 Å². The third kappa shape index (κ3) is 2.54. The Labute approximate surface area is 128 Å². The summed E-state index contributed by atoms with van der Waals surface area (Å²) in [6.45, 7) is 0.950. The number of rotatable bonds is 3. The van der Waals surface area contributed by atoms with E-state index in [4.69, 9.17) is 4.74 Å². The Hall–Kier alpha value is -1.41. The molecule has 1 saturated carbocycles. The van der Waals surface area contributed by atoms with Gasteiger partial charge < -0.3 is 29.9 Å². The second-order valence-corrected chi connectivity index (χ2v) is 6.10. The van der Waals surface area contributed by atoms with Gasteiger partial charge in [-0.1, -0.05) is 0 Å². The number of aromatic nitrogens is 1. The van der Waals surface area contributed by atoms with E-state index in [1.165, 1.54) is 0 Å². The summed E-state index contributed by atoms with van der Waals surface area (Å²) in [4.78, 5) is 12.5. The number of carbonyl (C=O) groups is 1. The number of carbonyl (C=O) groups excluding carboxylic acids is 1. The smallest absolute Gasteiger partial charge is 0.268 e.